The van der Waals surface area contributed by atoms with E-state index in [0.717, 1.165) is 18.5 Å². The average molecular weight is 495 g/mol. The van der Waals surface area contributed by atoms with Crippen LogP contribution in [-0.2, 0) is 19.1 Å². The molecule has 36 heavy (non-hydrogen) atoms. The Hall–Kier alpha value is -3.72. The Labute approximate surface area is 211 Å². The van der Waals surface area contributed by atoms with E-state index in [-0.39, 0.29) is 30.7 Å². The van der Waals surface area contributed by atoms with Crippen molar-refractivity contribution in [2.45, 2.75) is 39.2 Å². The van der Waals surface area contributed by atoms with Crippen LogP contribution in [0.25, 0.3) is 0 Å². The van der Waals surface area contributed by atoms with Crippen molar-refractivity contribution >= 4 is 35.1 Å². The summed E-state index contributed by atoms with van der Waals surface area (Å²) in [5, 5.41) is 5.56. The second kappa shape index (κ2) is 13.4. The number of rotatable bonds is 11. The topological polar surface area (TPSA) is 108 Å². The van der Waals surface area contributed by atoms with Crippen molar-refractivity contribution in [1.29, 1.82) is 0 Å². The first-order valence-electron chi connectivity index (χ1n) is 12.4. The predicted octanol–water partition coefficient (Wildman–Crippen LogP) is 2.83. The summed E-state index contributed by atoms with van der Waals surface area (Å²) in [4.78, 5) is 53.9. The van der Waals surface area contributed by atoms with Gasteiger partial charge in [0, 0.05) is 36.6 Å². The van der Waals surface area contributed by atoms with Gasteiger partial charge in [-0.15, -0.1) is 0 Å². The average Bonchev–Trinajstić information content (AvgIpc) is 2.87. The number of piperazine rings is 1. The molecule has 1 aliphatic rings. The third-order valence-electron chi connectivity index (χ3n) is 5.93. The lowest BCUT2D eigenvalue weighted by molar-refractivity contribution is -0.149. The Morgan fingerprint density at radius 3 is 2.61 bits per heavy atom. The maximum Gasteiger partial charge on any atom is 0.307 e. The number of para-hydroxylation sites is 1. The number of hydrogen-bond donors (Lipinski definition) is 2. The fourth-order valence-electron chi connectivity index (χ4n) is 4.04. The van der Waals surface area contributed by atoms with Gasteiger partial charge in [-0.05, 0) is 43.7 Å². The number of anilines is 2. The third kappa shape index (κ3) is 7.39. The highest BCUT2D eigenvalue weighted by Crippen LogP contribution is 2.19. The van der Waals surface area contributed by atoms with Crippen molar-refractivity contribution < 1.29 is 23.9 Å². The number of ether oxygens (including phenoxy) is 1. The van der Waals surface area contributed by atoms with Gasteiger partial charge in [0.2, 0.25) is 11.8 Å². The second-order valence-electron chi connectivity index (χ2n) is 8.57. The van der Waals surface area contributed by atoms with Gasteiger partial charge in [-0.3, -0.25) is 24.1 Å². The number of carbonyl (C=O) groups is 4. The third-order valence-corrected chi connectivity index (χ3v) is 5.93. The summed E-state index contributed by atoms with van der Waals surface area (Å²) in [5.74, 6) is -1.26. The number of esters is 1. The van der Waals surface area contributed by atoms with Crippen molar-refractivity contribution in [3.63, 3.8) is 0 Å². The van der Waals surface area contributed by atoms with E-state index in [2.05, 4.69) is 10.6 Å². The first-order valence-corrected chi connectivity index (χ1v) is 12.4. The molecular weight excluding hydrogens is 460 g/mol. The second-order valence-corrected chi connectivity index (χ2v) is 8.57. The molecule has 1 saturated heterocycles. The molecule has 0 saturated carbocycles. The first-order chi connectivity index (χ1) is 17.4. The Kier molecular flexibility index (Phi) is 10.00. The van der Waals surface area contributed by atoms with Crippen LogP contribution in [0.4, 0.5) is 11.4 Å². The van der Waals surface area contributed by atoms with Gasteiger partial charge in [0.1, 0.15) is 6.04 Å². The number of nitrogens with one attached hydrogen (secondary N) is 2. The van der Waals surface area contributed by atoms with Gasteiger partial charge >= 0.3 is 5.97 Å². The minimum atomic E-state index is -0.768. The molecule has 0 radical (unpaired) electrons. The molecule has 0 aliphatic carbocycles. The van der Waals surface area contributed by atoms with Gasteiger partial charge in [-0.2, -0.15) is 0 Å². The SMILES string of the molecule is CCCCOC(=O)CC1C(=O)NCCN1CC(=O)Nc1cccc(C(=O)N(CC)c2ccccc2)c1. The Morgan fingerprint density at radius 2 is 1.89 bits per heavy atom. The molecule has 1 aliphatic heterocycles. The molecule has 1 unspecified atom stereocenters. The van der Waals surface area contributed by atoms with Crippen LogP contribution < -0.4 is 15.5 Å². The lowest BCUT2D eigenvalue weighted by atomic mass is 10.1. The Morgan fingerprint density at radius 1 is 1.11 bits per heavy atom. The fourth-order valence-corrected chi connectivity index (χ4v) is 4.04. The molecule has 3 amide bonds. The van der Waals surface area contributed by atoms with Crippen LogP contribution in [0.3, 0.4) is 0 Å². The molecule has 9 nitrogen and oxygen atoms in total. The van der Waals surface area contributed by atoms with E-state index in [9.17, 15) is 19.2 Å². The van der Waals surface area contributed by atoms with Gasteiger partial charge in [0.25, 0.3) is 5.91 Å². The van der Waals surface area contributed by atoms with Crippen molar-refractivity contribution in [1.82, 2.24) is 10.2 Å². The van der Waals surface area contributed by atoms with Crippen molar-refractivity contribution in [2.24, 2.45) is 0 Å². The maximum atomic E-state index is 13.1. The first kappa shape index (κ1) is 26.9. The number of amides is 3. The quantitative estimate of drug-likeness (QED) is 0.367. The number of carbonyl (C=O) groups excluding carboxylic acids is 4. The smallest absolute Gasteiger partial charge is 0.307 e. The van der Waals surface area contributed by atoms with Crippen molar-refractivity contribution in [3.8, 4) is 0 Å². The van der Waals surface area contributed by atoms with Crippen molar-refractivity contribution in [3.05, 3.63) is 60.2 Å². The molecule has 0 spiro atoms. The lowest BCUT2D eigenvalue weighted by Crippen LogP contribution is -2.57. The zero-order chi connectivity index (χ0) is 25.9. The molecule has 1 heterocycles. The summed E-state index contributed by atoms with van der Waals surface area (Å²) in [6.45, 7) is 5.48. The minimum Gasteiger partial charge on any atom is -0.466 e. The van der Waals surface area contributed by atoms with Crippen LogP contribution in [-0.4, -0.2) is 67.4 Å². The van der Waals surface area contributed by atoms with Crippen LogP contribution in [0, 0.1) is 0 Å². The standard InChI is InChI=1S/C27H34N4O5/c1-3-5-16-36-25(33)18-23-26(34)28-14-15-30(23)19-24(32)29-21-11-9-10-20(17-21)27(35)31(4-2)22-12-7-6-8-13-22/h6-13,17,23H,3-5,14-16,18-19H2,1-2H3,(H,28,34)(H,29,32). The van der Waals surface area contributed by atoms with Crippen molar-refractivity contribution in [2.75, 3.05) is 43.0 Å². The fraction of sp³-hybridized carbons (Fsp3) is 0.407. The molecule has 0 bridgehead atoms. The summed E-state index contributed by atoms with van der Waals surface area (Å²) >= 11 is 0. The molecule has 2 N–H and O–H groups in total. The highest BCUT2D eigenvalue weighted by molar-refractivity contribution is 6.07. The number of unbranched alkanes of at least 4 members (excludes halogenated alkanes) is 1. The summed E-state index contributed by atoms with van der Waals surface area (Å²) in [7, 11) is 0. The molecule has 0 aromatic heterocycles. The Bertz CT molecular complexity index is 1060. The van der Waals surface area contributed by atoms with E-state index in [4.69, 9.17) is 4.74 Å². The highest BCUT2D eigenvalue weighted by atomic mass is 16.5. The molecule has 2 aromatic rings. The summed E-state index contributed by atoms with van der Waals surface area (Å²) in [6.07, 6.45) is 1.55. The van der Waals surface area contributed by atoms with E-state index in [1.807, 2.05) is 44.2 Å². The number of nitrogens with zero attached hydrogens (tertiary/aromatic N) is 2. The van der Waals surface area contributed by atoms with Gasteiger partial charge in [-0.1, -0.05) is 37.6 Å². The van der Waals surface area contributed by atoms with Gasteiger partial charge < -0.3 is 20.3 Å². The molecular formula is C27H34N4O5. The molecule has 3 rings (SSSR count). The Balaban J connectivity index is 1.63. The van der Waals surface area contributed by atoms with E-state index >= 15 is 0 Å². The molecule has 9 heteroatoms. The van der Waals surface area contributed by atoms with E-state index in [0.29, 0.717) is 37.5 Å². The molecule has 1 fully saturated rings. The van der Waals surface area contributed by atoms with Crippen LogP contribution in [0.5, 0.6) is 0 Å². The monoisotopic (exact) mass is 494 g/mol. The van der Waals surface area contributed by atoms with Gasteiger partial charge in [-0.25, -0.2) is 0 Å². The van der Waals surface area contributed by atoms with Crippen LogP contribution in [0.1, 0.15) is 43.5 Å². The van der Waals surface area contributed by atoms with Gasteiger partial charge in [0.15, 0.2) is 0 Å². The molecule has 192 valence electrons. The zero-order valence-corrected chi connectivity index (χ0v) is 20.9. The van der Waals surface area contributed by atoms with E-state index in [1.165, 1.54) is 0 Å². The molecule has 1 atom stereocenters. The largest absolute Gasteiger partial charge is 0.466 e. The van der Waals surface area contributed by atoms with E-state index in [1.54, 1.807) is 34.1 Å². The minimum absolute atomic E-state index is 0.0659. The van der Waals surface area contributed by atoms with Crippen LogP contribution >= 0.6 is 0 Å². The predicted molar refractivity (Wildman–Crippen MR) is 138 cm³/mol. The number of hydrogen-bond acceptors (Lipinski definition) is 6. The summed E-state index contributed by atoms with van der Waals surface area (Å²) in [5.41, 5.74) is 1.72. The number of benzene rings is 2. The zero-order valence-electron chi connectivity index (χ0n) is 20.9. The molecule has 2 aromatic carbocycles. The normalized spacial score (nSPS) is 15.6. The maximum absolute atomic E-state index is 13.1. The summed E-state index contributed by atoms with van der Waals surface area (Å²) < 4.78 is 5.20. The summed E-state index contributed by atoms with van der Waals surface area (Å²) in [6, 6.07) is 15.4. The van der Waals surface area contributed by atoms with E-state index < -0.39 is 12.0 Å². The highest BCUT2D eigenvalue weighted by Gasteiger charge is 2.33. The van der Waals surface area contributed by atoms with Gasteiger partial charge in [0.05, 0.1) is 19.6 Å². The van der Waals surface area contributed by atoms with Crippen LogP contribution in [0.2, 0.25) is 0 Å². The van der Waals surface area contributed by atoms with Crippen LogP contribution in [0.15, 0.2) is 54.6 Å². The lowest BCUT2D eigenvalue weighted by Gasteiger charge is -2.33.